The molecular weight excluding hydrogens is 352 g/mol. The highest BCUT2D eigenvalue weighted by molar-refractivity contribution is 9.10. The SMILES string of the molecule is OC(Cc1cccc(C(F)(F)F)c1)c1cccc(F)c1Br. The molecule has 21 heavy (non-hydrogen) atoms. The topological polar surface area (TPSA) is 20.2 Å². The first kappa shape index (κ1) is 16.0. The third-order valence-electron chi connectivity index (χ3n) is 3.02. The van der Waals surface area contributed by atoms with E-state index in [0.717, 1.165) is 12.1 Å². The predicted molar refractivity (Wildman–Crippen MR) is 74.2 cm³/mol. The van der Waals surface area contributed by atoms with Gasteiger partial charge in [-0.25, -0.2) is 4.39 Å². The van der Waals surface area contributed by atoms with E-state index in [1.165, 1.54) is 30.3 Å². The first-order valence-corrected chi connectivity index (χ1v) is 6.86. The normalized spacial score (nSPS) is 13.2. The van der Waals surface area contributed by atoms with E-state index in [-0.39, 0.29) is 10.9 Å². The lowest BCUT2D eigenvalue weighted by atomic mass is 10.00. The van der Waals surface area contributed by atoms with E-state index in [0.29, 0.717) is 11.1 Å². The van der Waals surface area contributed by atoms with Gasteiger partial charge in [-0.05, 0) is 39.2 Å². The largest absolute Gasteiger partial charge is 0.416 e. The highest BCUT2D eigenvalue weighted by atomic mass is 79.9. The molecule has 0 aliphatic rings. The summed E-state index contributed by atoms with van der Waals surface area (Å²) in [4.78, 5) is 0. The lowest BCUT2D eigenvalue weighted by molar-refractivity contribution is -0.137. The van der Waals surface area contributed by atoms with Crippen molar-refractivity contribution in [1.29, 1.82) is 0 Å². The Balaban J connectivity index is 2.24. The third kappa shape index (κ3) is 3.83. The van der Waals surface area contributed by atoms with Gasteiger partial charge in [0.2, 0.25) is 0 Å². The molecule has 2 rings (SSSR count). The van der Waals surface area contributed by atoms with Crippen molar-refractivity contribution in [1.82, 2.24) is 0 Å². The summed E-state index contributed by atoms with van der Waals surface area (Å²) in [5.41, 5.74) is -0.147. The number of aliphatic hydroxyl groups excluding tert-OH is 1. The van der Waals surface area contributed by atoms with Gasteiger partial charge < -0.3 is 5.11 Å². The van der Waals surface area contributed by atoms with Gasteiger partial charge in [0, 0.05) is 6.42 Å². The standard InChI is InChI=1S/C15H11BrF4O/c16-14-11(5-2-6-12(14)17)13(21)8-9-3-1-4-10(7-9)15(18,19)20/h1-7,13,21H,8H2. The van der Waals surface area contributed by atoms with Crippen molar-refractivity contribution in [2.75, 3.05) is 0 Å². The molecule has 0 fully saturated rings. The first-order chi connectivity index (χ1) is 9.79. The average Bonchev–Trinajstić information content (AvgIpc) is 2.41. The summed E-state index contributed by atoms with van der Waals surface area (Å²) in [6.07, 6.45) is -5.56. The van der Waals surface area contributed by atoms with Crippen molar-refractivity contribution in [2.24, 2.45) is 0 Å². The van der Waals surface area contributed by atoms with Crippen LogP contribution in [0, 0.1) is 5.82 Å². The molecule has 112 valence electrons. The maximum atomic E-state index is 13.4. The van der Waals surface area contributed by atoms with E-state index in [1.54, 1.807) is 0 Å². The van der Waals surface area contributed by atoms with Crippen LogP contribution in [0.1, 0.15) is 22.8 Å². The van der Waals surface area contributed by atoms with Crippen LogP contribution in [0.5, 0.6) is 0 Å². The van der Waals surface area contributed by atoms with Gasteiger partial charge in [0.1, 0.15) is 5.82 Å². The van der Waals surface area contributed by atoms with Crippen LogP contribution < -0.4 is 0 Å². The van der Waals surface area contributed by atoms with Crippen molar-refractivity contribution >= 4 is 15.9 Å². The molecule has 0 heterocycles. The van der Waals surface area contributed by atoms with E-state index in [4.69, 9.17) is 0 Å². The molecule has 0 radical (unpaired) electrons. The zero-order valence-electron chi connectivity index (χ0n) is 10.7. The second-order valence-corrected chi connectivity index (χ2v) is 5.35. The number of hydrogen-bond acceptors (Lipinski definition) is 1. The molecule has 1 N–H and O–H groups in total. The number of aliphatic hydroxyl groups is 1. The third-order valence-corrected chi connectivity index (χ3v) is 3.86. The molecule has 0 aliphatic heterocycles. The Hall–Kier alpha value is -1.40. The van der Waals surface area contributed by atoms with Gasteiger partial charge in [0.25, 0.3) is 0 Å². The molecule has 0 amide bonds. The lowest BCUT2D eigenvalue weighted by Crippen LogP contribution is -2.07. The summed E-state index contributed by atoms with van der Waals surface area (Å²) >= 11 is 3.03. The zero-order chi connectivity index (χ0) is 15.6. The van der Waals surface area contributed by atoms with Crippen LogP contribution in [0.25, 0.3) is 0 Å². The summed E-state index contributed by atoms with van der Waals surface area (Å²) in [6, 6.07) is 8.91. The predicted octanol–water partition coefficient (Wildman–Crippen LogP) is 4.88. The Morgan fingerprint density at radius 3 is 2.43 bits per heavy atom. The van der Waals surface area contributed by atoms with Crippen LogP contribution in [0.2, 0.25) is 0 Å². The van der Waals surface area contributed by atoms with E-state index < -0.39 is 23.7 Å². The molecule has 0 saturated carbocycles. The van der Waals surface area contributed by atoms with E-state index in [9.17, 15) is 22.7 Å². The van der Waals surface area contributed by atoms with E-state index >= 15 is 0 Å². The Kier molecular flexibility index (Phi) is 4.68. The molecule has 1 nitrogen and oxygen atoms in total. The molecular formula is C15H11BrF4O. The second-order valence-electron chi connectivity index (χ2n) is 4.56. The van der Waals surface area contributed by atoms with Gasteiger partial charge in [-0.3, -0.25) is 0 Å². The summed E-state index contributed by atoms with van der Waals surface area (Å²) < 4.78 is 51.4. The number of alkyl halides is 3. The van der Waals surface area contributed by atoms with Crippen LogP contribution >= 0.6 is 15.9 Å². The summed E-state index contributed by atoms with van der Waals surface area (Å²) in [5.74, 6) is -0.532. The summed E-state index contributed by atoms with van der Waals surface area (Å²) in [7, 11) is 0. The molecule has 1 unspecified atom stereocenters. The van der Waals surface area contributed by atoms with Crippen molar-refractivity contribution in [3.05, 3.63) is 69.4 Å². The highest BCUT2D eigenvalue weighted by Gasteiger charge is 2.30. The molecule has 2 aromatic rings. The molecule has 0 spiro atoms. The number of benzene rings is 2. The van der Waals surface area contributed by atoms with Crippen molar-refractivity contribution in [3.63, 3.8) is 0 Å². The number of rotatable bonds is 3. The van der Waals surface area contributed by atoms with Crippen LogP contribution in [0.15, 0.2) is 46.9 Å². The number of halogens is 5. The fraction of sp³-hybridized carbons (Fsp3) is 0.200. The van der Waals surface area contributed by atoms with Gasteiger partial charge in [0.15, 0.2) is 0 Å². The summed E-state index contributed by atoms with van der Waals surface area (Å²) in [5, 5.41) is 10.1. The average molecular weight is 363 g/mol. The van der Waals surface area contributed by atoms with Crippen LogP contribution in [-0.2, 0) is 12.6 Å². The van der Waals surface area contributed by atoms with E-state index in [2.05, 4.69) is 15.9 Å². The first-order valence-electron chi connectivity index (χ1n) is 6.07. The van der Waals surface area contributed by atoms with Crippen LogP contribution in [0.3, 0.4) is 0 Å². The minimum Gasteiger partial charge on any atom is -0.388 e. The maximum Gasteiger partial charge on any atom is 0.416 e. The second kappa shape index (κ2) is 6.15. The van der Waals surface area contributed by atoms with E-state index in [1.807, 2.05) is 0 Å². The van der Waals surface area contributed by atoms with Crippen LogP contribution in [-0.4, -0.2) is 5.11 Å². The molecule has 0 aromatic heterocycles. The van der Waals surface area contributed by atoms with Gasteiger partial charge in [-0.1, -0.05) is 30.3 Å². The monoisotopic (exact) mass is 362 g/mol. The Morgan fingerprint density at radius 1 is 1.10 bits per heavy atom. The maximum absolute atomic E-state index is 13.4. The minimum absolute atomic E-state index is 0.0357. The lowest BCUT2D eigenvalue weighted by Gasteiger charge is -2.14. The van der Waals surface area contributed by atoms with Crippen LogP contribution in [0.4, 0.5) is 17.6 Å². The van der Waals surface area contributed by atoms with Gasteiger partial charge >= 0.3 is 6.18 Å². The van der Waals surface area contributed by atoms with Gasteiger partial charge in [-0.15, -0.1) is 0 Å². The van der Waals surface area contributed by atoms with Crippen molar-refractivity contribution in [2.45, 2.75) is 18.7 Å². The quantitative estimate of drug-likeness (QED) is 0.771. The van der Waals surface area contributed by atoms with Crippen molar-refractivity contribution < 1.29 is 22.7 Å². The Labute approximate surface area is 127 Å². The fourth-order valence-electron chi connectivity index (χ4n) is 1.99. The molecule has 1 atom stereocenters. The molecule has 0 aliphatic carbocycles. The Bertz CT molecular complexity index is 640. The molecule has 0 bridgehead atoms. The Morgan fingerprint density at radius 2 is 1.76 bits per heavy atom. The van der Waals surface area contributed by atoms with Gasteiger partial charge in [-0.2, -0.15) is 13.2 Å². The smallest absolute Gasteiger partial charge is 0.388 e. The fourth-order valence-corrected chi connectivity index (χ4v) is 2.51. The van der Waals surface area contributed by atoms with Crippen molar-refractivity contribution in [3.8, 4) is 0 Å². The van der Waals surface area contributed by atoms with Gasteiger partial charge in [0.05, 0.1) is 16.1 Å². The zero-order valence-corrected chi connectivity index (χ0v) is 12.2. The summed E-state index contributed by atoms with van der Waals surface area (Å²) in [6.45, 7) is 0. The molecule has 0 saturated heterocycles. The molecule has 2 aromatic carbocycles. The molecule has 6 heteroatoms. The number of hydrogen-bond donors (Lipinski definition) is 1. The highest BCUT2D eigenvalue weighted by Crippen LogP contribution is 2.32. The minimum atomic E-state index is -4.43.